The number of hydrogen-bond acceptors (Lipinski definition) is 8. The van der Waals surface area contributed by atoms with Crippen molar-refractivity contribution in [1.82, 2.24) is 0 Å². The zero-order valence-corrected chi connectivity index (χ0v) is 11.9. The number of hydrogen-bond donors (Lipinski definition) is 4. The Morgan fingerprint density at radius 2 is 0.905 bits per heavy atom. The van der Waals surface area contributed by atoms with Crippen LogP contribution in [0.1, 0.15) is 6.42 Å². The minimum Gasteiger partial charge on any atom is -0.396 e. The summed E-state index contributed by atoms with van der Waals surface area (Å²) in [6.45, 7) is -0.0128. The van der Waals surface area contributed by atoms with Gasteiger partial charge >= 0.3 is 0 Å². The van der Waals surface area contributed by atoms with E-state index < -0.39 is 23.4 Å². The highest BCUT2D eigenvalue weighted by molar-refractivity contribution is 4.82. The van der Waals surface area contributed by atoms with Crippen molar-refractivity contribution in [2.45, 2.75) is 19.0 Å². The Kier molecular flexibility index (Phi) is 5.92. The van der Waals surface area contributed by atoms with E-state index in [1.807, 2.05) is 0 Å². The van der Waals surface area contributed by atoms with Gasteiger partial charge < -0.3 is 39.4 Å². The van der Waals surface area contributed by atoms with Crippen molar-refractivity contribution < 1.29 is 39.4 Å². The minimum atomic E-state index is -0.756. The molecule has 8 heteroatoms. The van der Waals surface area contributed by atoms with Crippen molar-refractivity contribution in [2.75, 3.05) is 52.9 Å². The van der Waals surface area contributed by atoms with Gasteiger partial charge in [0, 0.05) is 6.42 Å². The van der Waals surface area contributed by atoms with Gasteiger partial charge in [-0.05, 0) is 0 Å². The smallest absolute Gasteiger partial charge is 0.162 e. The minimum absolute atomic E-state index is 0.203. The molecule has 124 valence electrons. The van der Waals surface area contributed by atoms with E-state index in [0.29, 0.717) is 6.42 Å². The van der Waals surface area contributed by atoms with Crippen LogP contribution in [0.3, 0.4) is 0 Å². The fraction of sp³-hybridized carbons (Fsp3) is 1.00. The van der Waals surface area contributed by atoms with Gasteiger partial charge in [-0.3, -0.25) is 0 Å². The van der Waals surface area contributed by atoms with Gasteiger partial charge in [0.05, 0.1) is 63.7 Å². The summed E-state index contributed by atoms with van der Waals surface area (Å²) in [5.74, 6) is 0. The van der Waals surface area contributed by atoms with Crippen LogP contribution in [0, 0.1) is 10.8 Å². The van der Waals surface area contributed by atoms with Crippen LogP contribution in [-0.4, -0.2) is 85.9 Å². The van der Waals surface area contributed by atoms with E-state index in [4.69, 9.17) is 18.9 Å². The summed E-state index contributed by atoms with van der Waals surface area (Å²) >= 11 is 0. The Hall–Kier alpha value is -0.320. The largest absolute Gasteiger partial charge is 0.396 e. The third kappa shape index (κ3) is 3.91. The normalized spacial score (nSPS) is 26.9. The Balaban J connectivity index is 1.75. The first kappa shape index (κ1) is 17.0. The molecule has 0 radical (unpaired) electrons. The summed E-state index contributed by atoms with van der Waals surface area (Å²) in [5.41, 5.74) is -1.51. The second kappa shape index (κ2) is 7.30. The van der Waals surface area contributed by atoms with Gasteiger partial charge in [-0.25, -0.2) is 0 Å². The van der Waals surface area contributed by atoms with E-state index in [1.54, 1.807) is 0 Å². The second-order valence-corrected chi connectivity index (χ2v) is 5.97. The molecule has 2 saturated heterocycles. The van der Waals surface area contributed by atoms with E-state index in [9.17, 15) is 20.4 Å². The van der Waals surface area contributed by atoms with Crippen LogP contribution in [0.25, 0.3) is 0 Å². The van der Waals surface area contributed by atoms with Gasteiger partial charge in [-0.2, -0.15) is 0 Å². The van der Waals surface area contributed by atoms with Crippen molar-refractivity contribution in [3.63, 3.8) is 0 Å². The van der Waals surface area contributed by atoms with Gasteiger partial charge in [0.15, 0.2) is 12.6 Å². The second-order valence-electron chi connectivity index (χ2n) is 5.97. The highest BCUT2D eigenvalue weighted by Gasteiger charge is 2.40. The highest BCUT2D eigenvalue weighted by atomic mass is 16.7. The monoisotopic (exact) mass is 308 g/mol. The molecule has 21 heavy (non-hydrogen) atoms. The molecule has 0 aromatic carbocycles. The molecule has 0 aromatic rings. The molecule has 0 amide bonds. The molecule has 4 N–H and O–H groups in total. The lowest BCUT2D eigenvalue weighted by Gasteiger charge is -2.41. The molecule has 2 fully saturated rings. The van der Waals surface area contributed by atoms with E-state index in [-0.39, 0.29) is 52.9 Å². The van der Waals surface area contributed by atoms with E-state index in [2.05, 4.69) is 0 Å². The van der Waals surface area contributed by atoms with Crippen LogP contribution in [0.5, 0.6) is 0 Å². The molecule has 0 saturated carbocycles. The van der Waals surface area contributed by atoms with Crippen LogP contribution in [0.2, 0.25) is 0 Å². The molecule has 0 bridgehead atoms. The van der Waals surface area contributed by atoms with Crippen molar-refractivity contribution in [2.24, 2.45) is 10.8 Å². The van der Waals surface area contributed by atoms with Gasteiger partial charge in [0.25, 0.3) is 0 Å². The molecule has 2 aliphatic heterocycles. The van der Waals surface area contributed by atoms with Crippen LogP contribution in [0.4, 0.5) is 0 Å². The quantitative estimate of drug-likeness (QED) is 0.448. The Morgan fingerprint density at radius 3 is 1.14 bits per heavy atom. The first-order chi connectivity index (χ1) is 10.1. The fourth-order valence-corrected chi connectivity index (χ4v) is 2.15. The summed E-state index contributed by atoms with van der Waals surface area (Å²) in [6.07, 6.45) is -0.714. The van der Waals surface area contributed by atoms with E-state index >= 15 is 0 Å². The average molecular weight is 308 g/mol. The standard InChI is InChI=1S/C13H24O8/c14-2-12(3-15)6-18-10(19-7-12)1-11-20-8-13(4-16,5-17)9-21-11/h10-11,14-17H,1-9H2. The molecule has 0 spiro atoms. The number of aliphatic hydroxyl groups excluding tert-OH is 4. The van der Waals surface area contributed by atoms with Gasteiger partial charge in [0.2, 0.25) is 0 Å². The lowest BCUT2D eigenvalue weighted by atomic mass is 9.91. The average Bonchev–Trinajstić information content (AvgIpc) is 2.57. The molecule has 0 atom stereocenters. The highest BCUT2D eigenvalue weighted by Crippen LogP contribution is 2.29. The summed E-state index contributed by atoms with van der Waals surface area (Å²) < 4.78 is 21.9. The van der Waals surface area contributed by atoms with Crippen molar-refractivity contribution in [1.29, 1.82) is 0 Å². The molecule has 2 aliphatic rings. The molecule has 0 aliphatic carbocycles. The molecule has 0 unspecified atom stereocenters. The first-order valence-electron chi connectivity index (χ1n) is 7.01. The molecule has 0 aromatic heterocycles. The number of ether oxygens (including phenoxy) is 4. The Labute approximate surface area is 123 Å². The summed E-state index contributed by atoms with van der Waals surface area (Å²) in [6, 6.07) is 0. The molecule has 2 heterocycles. The molecular weight excluding hydrogens is 284 g/mol. The van der Waals surface area contributed by atoms with Gasteiger partial charge in [0.1, 0.15) is 0 Å². The maximum Gasteiger partial charge on any atom is 0.162 e. The predicted octanol–water partition coefficient (Wildman–Crippen LogP) is -1.94. The molecular formula is C13H24O8. The van der Waals surface area contributed by atoms with Gasteiger partial charge in [-0.1, -0.05) is 0 Å². The zero-order chi connectivity index (χ0) is 15.3. The fourth-order valence-electron chi connectivity index (χ4n) is 2.15. The molecule has 2 rings (SSSR count). The van der Waals surface area contributed by atoms with Crippen molar-refractivity contribution in [3.8, 4) is 0 Å². The maximum absolute atomic E-state index is 9.24. The third-order valence-corrected chi connectivity index (χ3v) is 4.03. The number of rotatable bonds is 6. The molecule has 8 nitrogen and oxygen atoms in total. The van der Waals surface area contributed by atoms with Crippen LogP contribution in [0.15, 0.2) is 0 Å². The van der Waals surface area contributed by atoms with Crippen molar-refractivity contribution in [3.05, 3.63) is 0 Å². The lowest BCUT2D eigenvalue weighted by molar-refractivity contribution is -0.294. The predicted molar refractivity (Wildman–Crippen MR) is 69.2 cm³/mol. The van der Waals surface area contributed by atoms with E-state index in [1.165, 1.54) is 0 Å². The third-order valence-electron chi connectivity index (χ3n) is 4.03. The first-order valence-corrected chi connectivity index (χ1v) is 7.01. The van der Waals surface area contributed by atoms with Crippen LogP contribution < -0.4 is 0 Å². The summed E-state index contributed by atoms with van der Waals surface area (Å²) in [7, 11) is 0. The van der Waals surface area contributed by atoms with Crippen molar-refractivity contribution >= 4 is 0 Å². The topological polar surface area (TPSA) is 118 Å². The SMILES string of the molecule is OCC1(CO)COC(CC2OCC(CO)(CO)CO2)OC1. The Morgan fingerprint density at radius 1 is 0.619 bits per heavy atom. The summed E-state index contributed by atoms with van der Waals surface area (Å²) in [5, 5.41) is 37.0. The van der Waals surface area contributed by atoms with Gasteiger partial charge in [-0.15, -0.1) is 0 Å². The summed E-state index contributed by atoms with van der Waals surface area (Å²) in [4.78, 5) is 0. The lowest BCUT2D eigenvalue weighted by Crippen LogP contribution is -2.50. The van der Waals surface area contributed by atoms with Crippen LogP contribution in [-0.2, 0) is 18.9 Å². The zero-order valence-electron chi connectivity index (χ0n) is 11.9. The van der Waals surface area contributed by atoms with Crippen LogP contribution >= 0.6 is 0 Å². The maximum atomic E-state index is 9.24. The Bertz CT molecular complexity index is 265. The number of aliphatic hydroxyl groups is 4. The van der Waals surface area contributed by atoms with E-state index in [0.717, 1.165) is 0 Å².